The van der Waals surface area contributed by atoms with Gasteiger partial charge < -0.3 is 20.3 Å². The number of hydrogen-bond donors (Lipinski definition) is 2. The van der Waals surface area contributed by atoms with E-state index < -0.39 is 6.10 Å². The van der Waals surface area contributed by atoms with Gasteiger partial charge in [0.2, 0.25) is 0 Å². The van der Waals surface area contributed by atoms with Crippen molar-refractivity contribution in [3.05, 3.63) is 22.7 Å². The summed E-state index contributed by atoms with van der Waals surface area (Å²) in [4.78, 5) is 0. The molecular formula is C12H18ClNO3. The van der Waals surface area contributed by atoms with Gasteiger partial charge in [0.1, 0.15) is 11.5 Å². The van der Waals surface area contributed by atoms with Crippen LogP contribution >= 0.6 is 11.6 Å². The maximum absolute atomic E-state index is 9.44. The minimum atomic E-state index is -0.499. The minimum Gasteiger partial charge on any atom is -0.496 e. The largest absolute Gasteiger partial charge is 0.496 e. The summed E-state index contributed by atoms with van der Waals surface area (Å²) in [5.74, 6) is 1.30. The van der Waals surface area contributed by atoms with Crippen LogP contribution in [0.2, 0.25) is 5.02 Å². The summed E-state index contributed by atoms with van der Waals surface area (Å²) < 4.78 is 10.4. The lowest BCUT2D eigenvalue weighted by molar-refractivity contribution is 0.173. The van der Waals surface area contributed by atoms with Gasteiger partial charge in [-0.2, -0.15) is 0 Å². The second-order valence-electron chi connectivity index (χ2n) is 3.73. The first-order valence-electron chi connectivity index (χ1n) is 5.40. The number of aliphatic hydroxyl groups excluding tert-OH is 1. The average molecular weight is 260 g/mol. The van der Waals surface area contributed by atoms with E-state index in [9.17, 15) is 5.11 Å². The Bertz CT molecular complexity index is 371. The molecule has 0 spiro atoms. The zero-order valence-corrected chi connectivity index (χ0v) is 10.8. The van der Waals surface area contributed by atoms with Gasteiger partial charge in [-0.3, -0.25) is 0 Å². The van der Waals surface area contributed by atoms with Crippen LogP contribution in [0.4, 0.5) is 0 Å². The van der Waals surface area contributed by atoms with Gasteiger partial charge in [-0.1, -0.05) is 11.6 Å². The van der Waals surface area contributed by atoms with E-state index in [1.165, 1.54) is 0 Å². The van der Waals surface area contributed by atoms with E-state index in [4.69, 9.17) is 26.8 Å². The zero-order valence-electron chi connectivity index (χ0n) is 10.1. The number of rotatable bonds is 6. The van der Waals surface area contributed by atoms with E-state index in [0.29, 0.717) is 29.4 Å². The number of aryl methyl sites for hydroxylation is 1. The predicted octanol–water partition coefficient (Wildman–Crippen LogP) is 1.61. The first kappa shape index (κ1) is 14.1. The Balaban J connectivity index is 2.88. The summed E-state index contributed by atoms with van der Waals surface area (Å²) in [6.45, 7) is 0.257. The molecule has 0 aliphatic carbocycles. The first-order chi connectivity index (χ1) is 8.12. The quantitative estimate of drug-likeness (QED) is 0.815. The second-order valence-corrected chi connectivity index (χ2v) is 4.13. The molecule has 5 heteroatoms. The highest BCUT2D eigenvalue weighted by molar-refractivity contribution is 6.32. The summed E-state index contributed by atoms with van der Waals surface area (Å²) >= 11 is 6.00. The third-order valence-corrected chi connectivity index (χ3v) is 2.87. The lowest BCUT2D eigenvalue weighted by Gasteiger charge is -2.13. The molecule has 0 aliphatic heterocycles. The van der Waals surface area contributed by atoms with Crippen molar-refractivity contribution in [1.82, 2.24) is 0 Å². The fraction of sp³-hybridized carbons (Fsp3) is 0.500. The number of benzene rings is 1. The van der Waals surface area contributed by atoms with Crippen molar-refractivity contribution < 1.29 is 14.6 Å². The van der Waals surface area contributed by atoms with Crippen LogP contribution in [-0.2, 0) is 6.42 Å². The van der Waals surface area contributed by atoms with Gasteiger partial charge in [0.25, 0.3) is 0 Å². The Labute approximate surface area is 106 Å². The summed E-state index contributed by atoms with van der Waals surface area (Å²) in [5.41, 5.74) is 6.31. The van der Waals surface area contributed by atoms with Crippen LogP contribution in [0.15, 0.2) is 12.1 Å². The number of nitrogens with two attached hydrogens (primary N) is 1. The van der Waals surface area contributed by atoms with Crippen molar-refractivity contribution in [2.45, 2.75) is 18.9 Å². The molecule has 1 rings (SSSR count). The Hall–Kier alpha value is -0.970. The lowest BCUT2D eigenvalue weighted by atomic mass is 10.1. The molecular weight excluding hydrogens is 242 g/mol. The molecule has 1 atom stereocenters. The van der Waals surface area contributed by atoms with E-state index in [1.807, 2.05) is 6.07 Å². The topological polar surface area (TPSA) is 64.7 Å². The van der Waals surface area contributed by atoms with E-state index in [2.05, 4.69) is 0 Å². The lowest BCUT2D eigenvalue weighted by Crippen LogP contribution is -2.20. The average Bonchev–Trinajstić information content (AvgIpc) is 2.36. The molecule has 0 saturated heterocycles. The molecule has 0 fully saturated rings. The van der Waals surface area contributed by atoms with E-state index in [0.717, 1.165) is 5.56 Å². The maximum Gasteiger partial charge on any atom is 0.137 e. The van der Waals surface area contributed by atoms with Gasteiger partial charge in [-0.05, 0) is 24.5 Å². The Morgan fingerprint density at radius 3 is 2.47 bits per heavy atom. The highest BCUT2D eigenvalue weighted by atomic mass is 35.5. The number of halogens is 1. The Kier molecular flexibility index (Phi) is 5.55. The molecule has 17 heavy (non-hydrogen) atoms. The normalized spacial score (nSPS) is 12.3. The molecule has 0 aromatic heterocycles. The van der Waals surface area contributed by atoms with Crippen molar-refractivity contribution in [2.24, 2.45) is 5.73 Å². The van der Waals surface area contributed by atoms with Crippen molar-refractivity contribution in [2.75, 3.05) is 20.8 Å². The second kappa shape index (κ2) is 6.69. The molecule has 96 valence electrons. The first-order valence-corrected chi connectivity index (χ1v) is 5.78. The van der Waals surface area contributed by atoms with E-state index in [-0.39, 0.29) is 6.54 Å². The van der Waals surface area contributed by atoms with Crippen LogP contribution in [0.3, 0.4) is 0 Å². The van der Waals surface area contributed by atoms with Gasteiger partial charge in [0, 0.05) is 12.6 Å². The monoisotopic (exact) mass is 259 g/mol. The molecule has 0 amide bonds. The Morgan fingerprint density at radius 1 is 1.29 bits per heavy atom. The van der Waals surface area contributed by atoms with Crippen LogP contribution in [0.1, 0.15) is 12.0 Å². The van der Waals surface area contributed by atoms with Crippen LogP contribution in [0.5, 0.6) is 11.5 Å². The fourth-order valence-corrected chi connectivity index (χ4v) is 1.79. The van der Waals surface area contributed by atoms with Crippen LogP contribution in [-0.4, -0.2) is 32.0 Å². The molecule has 0 bridgehead atoms. The molecule has 1 unspecified atom stereocenters. The number of ether oxygens (including phenoxy) is 2. The van der Waals surface area contributed by atoms with Gasteiger partial charge in [-0.25, -0.2) is 0 Å². The summed E-state index contributed by atoms with van der Waals surface area (Å²) in [5, 5.41) is 9.95. The van der Waals surface area contributed by atoms with Crippen molar-refractivity contribution in [1.29, 1.82) is 0 Å². The fourth-order valence-electron chi connectivity index (χ4n) is 1.56. The van der Waals surface area contributed by atoms with Gasteiger partial charge >= 0.3 is 0 Å². The summed E-state index contributed by atoms with van der Waals surface area (Å²) in [6.07, 6.45) is 0.744. The molecule has 0 heterocycles. The van der Waals surface area contributed by atoms with E-state index >= 15 is 0 Å². The molecule has 0 saturated carbocycles. The number of methoxy groups -OCH3 is 2. The van der Waals surface area contributed by atoms with Gasteiger partial charge in [0.15, 0.2) is 0 Å². The number of aliphatic hydroxyl groups is 1. The third-order valence-electron chi connectivity index (χ3n) is 2.57. The molecule has 0 radical (unpaired) electrons. The standard InChI is InChI=1S/C12H18ClNO3/c1-16-11-6-10(13)12(17-2)5-8(11)3-4-9(15)7-14/h5-6,9,15H,3-4,7,14H2,1-2H3. The van der Waals surface area contributed by atoms with Crippen molar-refractivity contribution in [3.63, 3.8) is 0 Å². The minimum absolute atomic E-state index is 0.257. The third kappa shape index (κ3) is 3.77. The van der Waals surface area contributed by atoms with Crippen LogP contribution in [0.25, 0.3) is 0 Å². The number of hydrogen-bond acceptors (Lipinski definition) is 4. The van der Waals surface area contributed by atoms with Crippen molar-refractivity contribution in [3.8, 4) is 11.5 Å². The predicted molar refractivity (Wildman–Crippen MR) is 67.9 cm³/mol. The summed E-state index contributed by atoms with van der Waals surface area (Å²) in [7, 11) is 3.15. The van der Waals surface area contributed by atoms with Gasteiger partial charge in [0.05, 0.1) is 25.3 Å². The highest BCUT2D eigenvalue weighted by Crippen LogP contribution is 2.33. The Morgan fingerprint density at radius 2 is 1.94 bits per heavy atom. The molecule has 3 N–H and O–H groups in total. The smallest absolute Gasteiger partial charge is 0.137 e. The molecule has 1 aromatic carbocycles. The van der Waals surface area contributed by atoms with E-state index in [1.54, 1.807) is 20.3 Å². The summed E-state index contributed by atoms with van der Waals surface area (Å²) in [6, 6.07) is 3.54. The molecule has 4 nitrogen and oxygen atoms in total. The van der Waals surface area contributed by atoms with Gasteiger partial charge in [-0.15, -0.1) is 0 Å². The molecule has 1 aromatic rings. The van der Waals surface area contributed by atoms with Crippen LogP contribution < -0.4 is 15.2 Å². The SMILES string of the molecule is COc1cc(CCC(O)CN)c(OC)cc1Cl. The van der Waals surface area contributed by atoms with Crippen molar-refractivity contribution >= 4 is 11.6 Å². The zero-order chi connectivity index (χ0) is 12.8. The highest BCUT2D eigenvalue weighted by Gasteiger charge is 2.11. The van der Waals surface area contributed by atoms with Crippen LogP contribution in [0, 0.1) is 0 Å². The maximum atomic E-state index is 9.44. The molecule has 0 aliphatic rings.